The van der Waals surface area contributed by atoms with E-state index in [2.05, 4.69) is 22.7 Å². The van der Waals surface area contributed by atoms with Crippen molar-refractivity contribution in [2.75, 3.05) is 18.4 Å². The second-order valence-corrected chi connectivity index (χ2v) is 3.75. The summed E-state index contributed by atoms with van der Waals surface area (Å²) in [6, 6.07) is 1.69. The molecule has 0 atom stereocenters. The summed E-state index contributed by atoms with van der Waals surface area (Å²) in [4.78, 5) is 11.4. The van der Waals surface area contributed by atoms with Crippen LogP contribution >= 0.6 is 0 Å². The third kappa shape index (κ3) is 4.93. The van der Waals surface area contributed by atoms with Gasteiger partial charge in [0.1, 0.15) is 5.76 Å². The number of hydrogen-bond acceptors (Lipinski definition) is 4. The van der Waals surface area contributed by atoms with E-state index in [0.717, 1.165) is 13.0 Å². The Kier molecular flexibility index (Phi) is 5.56. The Morgan fingerprint density at radius 1 is 1.50 bits per heavy atom. The van der Waals surface area contributed by atoms with Crippen LogP contribution in [0.25, 0.3) is 0 Å². The molecule has 0 unspecified atom stereocenters. The van der Waals surface area contributed by atoms with Crippen molar-refractivity contribution in [3.8, 4) is 0 Å². The van der Waals surface area contributed by atoms with Crippen molar-refractivity contribution in [1.82, 2.24) is 10.5 Å². The molecule has 16 heavy (non-hydrogen) atoms. The number of amides is 1. The van der Waals surface area contributed by atoms with Crippen LogP contribution in [0, 0.1) is 6.92 Å². The minimum Gasteiger partial charge on any atom is -0.360 e. The third-order valence-electron chi connectivity index (χ3n) is 2.14. The smallest absolute Gasteiger partial charge is 0.239 e. The summed E-state index contributed by atoms with van der Waals surface area (Å²) in [5.74, 6) is 1.06. The van der Waals surface area contributed by atoms with E-state index in [-0.39, 0.29) is 5.91 Å². The molecule has 5 nitrogen and oxygen atoms in total. The third-order valence-corrected chi connectivity index (χ3v) is 2.14. The fourth-order valence-corrected chi connectivity index (χ4v) is 1.31. The summed E-state index contributed by atoms with van der Waals surface area (Å²) in [7, 11) is 0. The Bertz CT molecular complexity index is 323. The number of aromatic nitrogens is 1. The molecule has 1 aromatic rings. The predicted molar refractivity (Wildman–Crippen MR) is 62.3 cm³/mol. The second-order valence-electron chi connectivity index (χ2n) is 3.75. The van der Waals surface area contributed by atoms with Crippen LogP contribution in [-0.2, 0) is 4.79 Å². The van der Waals surface area contributed by atoms with Gasteiger partial charge in [-0.25, -0.2) is 0 Å². The Balaban J connectivity index is 2.11. The maximum atomic E-state index is 11.4. The van der Waals surface area contributed by atoms with Gasteiger partial charge in [0.2, 0.25) is 5.91 Å². The molecule has 0 aliphatic heterocycles. The van der Waals surface area contributed by atoms with Gasteiger partial charge < -0.3 is 15.2 Å². The largest absolute Gasteiger partial charge is 0.360 e. The lowest BCUT2D eigenvalue weighted by Crippen LogP contribution is -2.28. The summed E-state index contributed by atoms with van der Waals surface area (Å²) >= 11 is 0. The maximum Gasteiger partial charge on any atom is 0.239 e. The minimum absolute atomic E-state index is 0.0928. The van der Waals surface area contributed by atoms with Gasteiger partial charge in [0.25, 0.3) is 0 Å². The van der Waals surface area contributed by atoms with E-state index in [0.29, 0.717) is 18.1 Å². The van der Waals surface area contributed by atoms with Crippen molar-refractivity contribution in [3.05, 3.63) is 11.8 Å². The van der Waals surface area contributed by atoms with Crippen LogP contribution in [0.3, 0.4) is 0 Å². The molecular formula is C11H19N3O2. The van der Waals surface area contributed by atoms with E-state index in [1.165, 1.54) is 12.8 Å². The molecule has 0 radical (unpaired) electrons. The maximum absolute atomic E-state index is 11.4. The summed E-state index contributed by atoms with van der Waals surface area (Å²) in [5.41, 5.74) is 0. The fraction of sp³-hybridized carbons (Fsp3) is 0.636. The first-order valence-electron chi connectivity index (χ1n) is 5.66. The van der Waals surface area contributed by atoms with Crippen molar-refractivity contribution in [2.24, 2.45) is 0 Å². The van der Waals surface area contributed by atoms with Gasteiger partial charge in [-0.3, -0.25) is 4.79 Å². The number of rotatable bonds is 7. The van der Waals surface area contributed by atoms with Crippen molar-refractivity contribution in [1.29, 1.82) is 0 Å². The van der Waals surface area contributed by atoms with E-state index in [9.17, 15) is 4.79 Å². The average molecular weight is 225 g/mol. The molecule has 1 heterocycles. The zero-order valence-corrected chi connectivity index (χ0v) is 9.88. The highest BCUT2D eigenvalue weighted by molar-refractivity contribution is 5.91. The van der Waals surface area contributed by atoms with Crippen molar-refractivity contribution < 1.29 is 9.32 Å². The number of carbonyl (C=O) groups excluding carboxylic acids is 1. The number of unbranched alkanes of at least 4 members (excludes halogenated alkanes) is 2. The topological polar surface area (TPSA) is 67.2 Å². The van der Waals surface area contributed by atoms with Crippen LogP contribution in [0.5, 0.6) is 0 Å². The second kappa shape index (κ2) is 7.00. The highest BCUT2D eigenvalue weighted by atomic mass is 16.5. The summed E-state index contributed by atoms with van der Waals surface area (Å²) in [5, 5.41) is 9.40. The van der Waals surface area contributed by atoms with Gasteiger partial charge in [-0.1, -0.05) is 24.9 Å². The average Bonchev–Trinajstić information content (AvgIpc) is 2.63. The minimum atomic E-state index is -0.0928. The number of nitrogens with zero attached hydrogens (tertiary/aromatic N) is 1. The Morgan fingerprint density at radius 3 is 2.94 bits per heavy atom. The van der Waals surface area contributed by atoms with Crippen LogP contribution in [0.2, 0.25) is 0 Å². The lowest BCUT2D eigenvalue weighted by atomic mass is 10.2. The molecule has 0 aromatic carbocycles. The molecule has 0 saturated carbocycles. The molecule has 0 fully saturated rings. The summed E-state index contributed by atoms with van der Waals surface area (Å²) in [6.07, 6.45) is 3.48. The highest BCUT2D eigenvalue weighted by Gasteiger charge is 2.04. The van der Waals surface area contributed by atoms with Gasteiger partial charge in [-0.05, 0) is 19.9 Å². The van der Waals surface area contributed by atoms with E-state index in [1.807, 2.05) is 0 Å². The molecule has 1 rings (SSSR count). The van der Waals surface area contributed by atoms with E-state index >= 15 is 0 Å². The quantitative estimate of drug-likeness (QED) is 0.693. The van der Waals surface area contributed by atoms with Crippen LogP contribution in [-0.4, -0.2) is 24.2 Å². The SMILES string of the molecule is CCCCCNCC(=O)Nc1cc(C)on1. The van der Waals surface area contributed by atoms with Gasteiger partial charge in [-0.2, -0.15) is 0 Å². The number of nitrogens with one attached hydrogen (secondary N) is 2. The Morgan fingerprint density at radius 2 is 2.31 bits per heavy atom. The fourth-order valence-electron chi connectivity index (χ4n) is 1.31. The molecule has 90 valence electrons. The molecule has 2 N–H and O–H groups in total. The lowest BCUT2D eigenvalue weighted by molar-refractivity contribution is -0.115. The number of carbonyl (C=O) groups is 1. The van der Waals surface area contributed by atoms with Crippen LogP contribution in [0.15, 0.2) is 10.6 Å². The molecule has 0 bridgehead atoms. The van der Waals surface area contributed by atoms with Gasteiger partial charge in [0, 0.05) is 6.07 Å². The number of anilines is 1. The van der Waals surface area contributed by atoms with E-state index in [1.54, 1.807) is 13.0 Å². The monoisotopic (exact) mass is 225 g/mol. The van der Waals surface area contributed by atoms with Crippen molar-refractivity contribution in [3.63, 3.8) is 0 Å². The predicted octanol–water partition coefficient (Wildman–Crippen LogP) is 1.70. The summed E-state index contributed by atoms with van der Waals surface area (Å²) < 4.78 is 4.84. The van der Waals surface area contributed by atoms with Crippen LogP contribution in [0.1, 0.15) is 31.9 Å². The van der Waals surface area contributed by atoms with Gasteiger partial charge in [-0.15, -0.1) is 0 Å². The van der Waals surface area contributed by atoms with Crippen LogP contribution in [0.4, 0.5) is 5.82 Å². The zero-order chi connectivity index (χ0) is 11.8. The zero-order valence-electron chi connectivity index (χ0n) is 9.88. The molecule has 0 saturated heterocycles. The lowest BCUT2D eigenvalue weighted by Gasteiger charge is -2.03. The highest BCUT2D eigenvalue weighted by Crippen LogP contribution is 2.06. The standard InChI is InChI=1S/C11H19N3O2/c1-3-4-5-6-12-8-11(15)13-10-7-9(2)16-14-10/h7,12H,3-6,8H2,1-2H3,(H,13,14,15). The van der Waals surface area contributed by atoms with Gasteiger partial charge in [0.05, 0.1) is 6.54 Å². The normalized spacial score (nSPS) is 10.4. The summed E-state index contributed by atoms with van der Waals surface area (Å²) in [6.45, 7) is 5.12. The Labute approximate surface area is 95.6 Å². The molecule has 0 spiro atoms. The van der Waals surface area contributed by atoms with E-state index < -0.39 is 0 Å². The molecule has 1 amide bonds. The van der Waals surface area contributed by atoms with E-state index in [4.69, 9.17) is 4.52 Å². The molecule has 0 aliphatic carbocycles. The first kappa shape index (κ1) is 12.7. The van der Waals surface area contributed by atoms with Crippen molar-refractivity contribution >= 4 is 11.7 Å². The first-order chi connectivity index (χ1) is 7.72. The Hall–Kier alpha value is -1.36. The van der Waals surface area contributed by atoms with Crippen molar-refractivity contribution in [2.45, 2.75) is 33.1 Å². The molecule has 1 aromatic heterocycles. The first-order valence-corrected chi connectivity index (χ1v) is 5.66. The molecule has 0 aliphatic rings. The molecule has 5 heteroatoms. The van der Waals surface area contributed by atoms with Crippen LogP contribution < -0.4 is 10.6 Å². The molecular weight excluding hydrogens is 206 g/mol. The van der Waals surface area contributed by atoms with Gasteiger partial charge >= 0.3 is 0 Å². The van der Waals surface area contributed by atoms with Gasteiger partial charge in [0.15, 0.2) is 5.82 Å². The number of aryl methyl sites for hydroxylation is 1. The number of hydrogen-bond donors (Lipinski definition) is 2.